The van der Waals surface area contributed by atoms with Gasteiger partial charge >= 0.3 is 0 Å². The van der Waals surface area contributed by atoms with E-state index in [1.165, 1.54) is 0 Å². The van der Waals surface area contributed by atoms with Gasteiger partial charge in [0.25, 0.3) is 0 Å². The second-order valence-electron chi connectivity index (χ2n) is 4.52. The number of hydrogen-bond acceptors (Lipinski definition) is 6. The molecular weight excluding hydrogens is 276 g/mol. The van der Waals surface area contributed by atoms with Gasteiger partial charge in [-0.05, 0) is 12.1 Å². The van der Waals surface area contributed by atoms with Crippen molar-refractivity contribution in [3.05, 3.63) is 29.8 Å². The van der Waals surface area contributed by atoms with Gasteiger partial charge in [-0.3, -0.25) is 0 Å². The largest absolute Gasteiger partial charge is 0.394 e. The van der Waals surface area contributed by atoms with Crippen LogP contribution in [0.25, 0.3) is 0 Å². The maximum atomic E-state index is 13.5. The standard InChI is InChI=1S/C12H15F2NO5/c13-5-1-2-7(6(14)3-5)15-12-11(19)10(18)9(17)8(4-16)20-12/h1-3,8-12,15-19H,4H2/t8-,9-,10+,11-,12-/m1/s1. The van der Waals surface area contributed by atoms with Crippen molar-refractivity contribution in [1.29, 1.82) is 0 Å². The van der Waals surface area contributed by atoms with E-state index in [2.05, 4.69) is 5.32 Å². The van der Waals surface area contributed by atoms with Gasteiger partial charge < -0.3 is 30.5 Å². The van der Waals surface area contributed by atoms with Gasteiger partial charge in [-0.1, -0.05) is 0 Å². The number of rotatable bonds is 3. The predicted molar refractivity (Wildman–Crippen MR) is 63.7 cm³/mol. The van der Waals surface area contributed by atoms with Crippen molar-refractivity contribution in [3.63, 3.8) is 0 Å². The van der Waals surface area contributed by atoms with Gasteiger partial charge in [0, 0.05) is 6.07 Å². The Bertz CT molecular complexity index is 473. The Balaban J connectivity index is 2.15. The SMILES string of the molecule is OC[C@H]1O[C@@H](Nc2ccc(F)cc2F)[C@H](O)[C@@H](O)[C@@H]1O. The molecule has 0 radical (unpaired) electrons. The molecule has 0 aromatic heterocycles. The first-order valence-electron chi connectivity index (χ1n) is 5.96. The highest BCUT2D eigenvalue weighted by atomic mass is 19.1. The molecule has 5 atom stereocenters. The van der Waals surface area contributed by atoms with Gasteiger partial charge in [-0.25, -0.2) is 8.78 Å². The summed E-state index contributed by atoms with van der Waals surface area (Å²) in [5.41, 5.74) is -0.143. The fraction of sp³-hybridized carbons (Fsp3) is 0.500. The molecule has 1 aromatic carbocycles. The van der Waals surface area contributed by atoms with Gasteiger partial charge in [0.2, 0.25) is 0 Å². The van der Waals surface area contributed by atoms with Gasteiger partial charge in [0.05, 0.1) is 12.3 Å². The number of halogens is 2. The maximum Gasteiger partial charge on any atom is 0.157 e. The Morgan fingerprint density at radius 3 is 2.40 bits per heavy atom. The fourth-order valence-electron chi connectivity index (χ4n) is 1.98. The molecule has 8 heteroatoms. The van der Waals surface area contributed by atoms with Crippen molar-refractivity contribution in [1.82, 2.24) is 0 Å². The van der Waals surface area contributed by atoms with E-state index in [1.54, 1.807) is 0 Å². The van der Waals surface area contributed by atoms with Crippen LogP contribution in [0.5, 0.6) is 0 Å². The van der Waals surface area contributed by atoms with E-state index in [0.29, 0.717) is 6.07 Å². The maximum absolute atomic E-state index is 13.5. The molecule has 112 valence electrons. The number of nitrogens with one attached hydrogen (secondary N) is 1. The third-order valence-corrected chi connectivity index (χ3v) is 3.12. The van der Waals surface area contributed by atoms with Crippen molar-refractivity contribution in [2.75, 3.05) is 11.9 Å². The first-order valence-corrected chi connectivity index (χ1v) is 5.96. The number of benzene rings is 1. The number of anilines is 1. The molecule has 1 aliphatic rings. The molecule has 0 saturated carbocycles. The molecule has 1 aromatic rings. The molecule has 0 bridgehead atoms. The third kappa shape index (κ3) is 2.89. The molecule has 20 heavy (non-hydrogen) atoms. The molecule has 1 saturated heterocycles. The lowest BCUT2D eigenvalue weighted by Crippen LogP contribution is -2.60. The van der Waals surface area contributed by atoms with E-state index in [4.69, 9.17) is 9.84 Å². The highest BCUT2D eigenvalue weighted by Crippen LogP contribution is 2.24. The number of hydrogen-bond donors (Lipinski definition) is 5. The van der Waals surface area contributed by atoms with E-state index in [0.717, 1.165) is 12.1 Å². The Labute approximate surface area is 113 Å². The molecule has 0 spiro atoms. The van der Waals surface area contributed by atoms with Crippen LogP contribution in [-0.2, 0) is 4.74 Å². The Kier molecular flexibility index (Phi) is 4.51. The van der Waals surface area contributed by atoms with Gasteiger partial charge in [0.15, 0.2) is 6.23 Å². The second kappa shape index (κ2) is 5.98. The summed E-state index contributed by atoms with van der Waals surface area (Å²) < 4.78 is 31.4. The summed E-state index contributed by atoms with van der Waals surface area (Å²) in [6.07, 6.45) is -6.97. The van der Waals surface area contributed by atoms with Crippen LogP contribution in [0.2, 0.25) is 0 Å². The van der Waals surface area contributed by atoms with E-state index < -0.39 is 48.9 Å². The quantitative estimate of drug-likeness (QED) is 0.498. The molecule has 0 aliphatic carbocycles. The minimum Gasteiger partial charge on any atom is -0.394 e. The highest BCUT2D eigenvalue weighted by molar-refractivity contribution is 5.45. The monoisotopic (exact) mass is 291 g/mol. The summed E-state index contributed by atoms with van der Waals surface area (Å²) in [7, 11) is 0. The average molecular weight is 291 g/mol. The molecule has 5 N–H and O–H groups in total. The third-order valence-electron chi connectivity index (χ3n) is 3.12. The van der Waals surface area contributed by atoms with Crippen molar-refractivity contribution in [2.24, 2.45) is 0 Å². The van der Waals surface area contributed by atoms with Crippen LogP contribution < -0.4 is 5.32 Å². The first-order chi connectivity index (χ1) is 9.43. The van der Waals surface area contributed by atoms with Crippen LogP contribution in [0.3, 0.4) is 0 Å². The van der Waals surface area contributed by atoms with Gasteiger partial charge in [-0.2, -0.15) is 0 Å². The first kappa shape index (κ1) is 15.1. The zero-order valence-electron chi connectivity index (χ0n) is 10.3. The summed E-state index contributed by atoms with van der Waals surface area (Å²) in [4.78, 5) is 0. The topological polar surface area (TPSA) is 102 Å². The fourth-order valence-corrected chi connectivity index (χ4v) is 1.98. The lowest BCUT2D eigenvalue weighted by atomic mass is 9.98. The average Bonchev–Trinajstić information content (AvgIpc) is 2.42. The zero-order chi connectivity index (χ0) is 14.9. The molecule has 1 aliphatic heterocycles. The minimum absolute atomic E-state index is 0.143. The molecule has 2 rings (SSSR count). The van der Waals surface area contributed by atoms with Crippen molar-refractivity contribution in [2.45, 2.75) is 30.6 Å². The van der Waals surface area contributed by atoms with E-state index in [9.17, 15) is 24.1 Å². The molecular formula is C12H15F2NO5. The Morgan fingerprint density at radius 2 is 1.80 bits per heavy atom. The number of ether oxygens (including phenoxy) is 1. The van der Waals surface area contributed by atoms with Gasteiger partial charge in [-0.15, -0.1) is 0 Å². The van der Waals surface area contributed by atoms with Crippen LogP contribution in [0.15, 0.2) is 18.2 Å². The lowest BCUT2D eigenvalue weighted by molar-refractivity contribution is -0.221. The smallest absolute Gasteiger partial charge is 0.157 e. The predicted octanol–water partition coefficient (Wildman–Crippen LogP) is -0.823. The van der Waals surface area contributed by atoms with Gasteiger partial charge in [0.1, 0.15) is 36.1 Å². The van der Waals surface area contributed by atoms with E-state index in [-0.39, 0.29) is 5.69 Å². The number of aliphatic hydroxyl groups excluding tert-OH is 4. The zero-order valence-corrected chi connectivity index (χ0v) is 10.3. The van der Waals surface area contributed by atoms with Crippen LogP contribution in [-0.4, -0.2) is 57.7 Å². The Morgan fingerprint density at radius 1 is 1.10 bits per heavy atom. The van der Waals surface area contributed by atoms with Crippen LogP contribution in [0.1, 0.15) is 0 Å². The normalized spacial score (nSPS) is 34.0. The van der Waals surface area contributed by atoms with Crippen LogP contribution >= 0.6 is 0 Å². The summed E-state index contributed by atoms with van der Waals surface area (Å²) in [6.45, 7) is -0.588. The summed E-state index contributed by atoms with van der Waals surface area (Å²) >= 11 is 0. The van der Waals surface area contributed by atoms with Crippen LogP contribution in [0.4, 0.5) is 14.5 Å². The van der Waals surface area contributed by atoms with Crippen molar-refractivity contribution >= 4 is 5.69 Å². The Hall–Kier alpha value is -1.32. The minimum atomic E-state index is -1.57. The van der Waals surface area contributed by atoms with Crippen molar-refractivity contribution in [3.8, 4) is 0 Å². The van der Waals surface area contributed by atoms with Crippen LogP contribution in [0, 0.1) is 11.6 Å². The van der Waals surface area contributed by atoms with E-state index in [1.807, 2.05) is 0 Å². The second-order valence-corrected chi connectivity index (χ2v) is 4.52. The molecule has 0 unspecified atom stereocenters. The summed E-state index contributed by atoms with van der Waals surface area (Å²) in [5.74, 6) is -1.66. The molecule has 6 nitrogen and oxygen atoms in total. The summed E-state index contributed by atoms with van der Waals surface area (Å²) in [6, 6.07) is 2.76. The molecule has 0 amide bonds. The van der Waals surface area contributed by atoms with E-state index >= 15 is 0 Å². The summed E-state index contributed by atoms with van der Waals surface area (Å²) in [5, 5.41) is 40.4. The lowest BCUT2D eigenvalue weighted by Gasteiger charge is -2.40. The molecule has 1 fully saturated rings. The highest BCUT2D eigenvalue weighted by Gasteiger charge is 2.43. The molecule has 1 heterocycles. The van der Waals surface area contributed by atoms with Crippen molar-refractivity contribution < 1.29 is 33.9 Å². The number of aliphatic hydroxyl groups is 4.